The Bertz CT molecular complexity index is 527. The highest BCUT2D eigenvalue weighted by molar-refractivity contribution is 7.09. The number of rotatable bonds is 8. The number of unbranched alkanes of at least 4 members (excludes halogenated alkanes) is 1. The van der Waals surface area contributed by atoms with Crippen LogP contribution in [0.5, 0.6) is 0 Å². The lowest BCUT2D eigenvalue weighted by Gasteiger charge is -2.55. The maximum atomic E-state index is 12.5. The SMILES string of the molecule is CCCCOC1CC(N(C)C(=O)Cc2csc(CC)n2)C1(C)C. The van der Waals surface area contributed by atoms with Crippen LogP contribution in [0.15, 0.2) is 5.38 Å². The van der Waals surface area contributed by atoms with Crippen LogP contribution in [0, 0.1) is 5.41 Å². The summed E-state index contributed by atoms with van der Waals surface area (Å²) >= 11 is 1.64. The summed E-state index contributed by atoms with van der Waals surface area (Å²) < 4.78 is 5.98. The van der Waals surface area contributed by atoms with Gasteiger partial charge in [-0.25, -0.2) is 4.98 Å². The number of aryl methyl sites for hydroxylation is 1. The molecule has 0 N–H and O–H groups in total. The summed E-state index contributed by atoms with van der Waals surface area (Å²) in [4.78, 5) is 19.0. The van der Waals surface area contributed by atoms with Gasteiger partial charge >= 0.3 is 0 Å². The van der Waals surface area contributed by atoms with Gasteiger partial charge in [0.1, 0.15) is 0 Å². The summed E-state index contributed by atoms with van der Waals surface area (Å²) in [5.41, 5.74) is 0.922. The predicted octanol–water partition coefficient (Wildman–Crippen LogP) is 3.69. The molecule has 2 atom stereocenters. The zero-order valence-corrected chi connectivity index (χ0v) is 15.9. The van der Waals surface area contributed by atoms with Gasteiger partial charge in [-0.15, -0.1) is 11.3 Å². The van der Waals surface area contributed by atoms with Gasteiger partial charge in [0.05, 0.1) is 23.2 Å². The number of amides is 1. The Kier molecular flexibility index (Phi) is 6.20. The summed E-state index contributed by atoms with van der Waals surface area (Å²) in [6.07, 6.45) is 4.80. The molecule has 0 bridgehead atoms. The first-order valence-corrected chi connectivity index (χ1v) is 9.58. The van der Waals surface area contributed by atoms with Crippen molar-refractivity contribution in [2.24, 2.45) is 5.41 Å². The van der Waals surface area contributed by atoms with Crippen LogP contribution in [0.3, 0.4) is 0 Å². The highest BCUT2D eigenvalue weighted by Crippen LogP contribution is 2.45. The van der Waals surface area contributed by atoms with E-state index >= 15 is 0 Å². The number of carbonyl (C=O) groups excluding carboxylic acids is 1. The molecule has 1 aromatic heterocycles. The molecule has 1 amide bonds. The summed E-state index contributed by atoms with van der Waals surface area (Å²) in [7, 11) is 1.92. The van der Waals surface area contributed by atoms with Crippen molar-refractivity contribution < 1.29 is 9.53 Å². The van der Waals surface area contributed by atoms with Gasteiger partial charge in [0.25, 0.3) is 0 Å². The quantitative estimate of drug-likeness (QED) is 0.679. The van der Waals surface area contributed by atoms with Gasteiger partial charge in [-0.1, -0.05) is 34.1 Å². The molecule has 130 valence electrons. The summed E-state index contributed by atoms with van der Waals surface area (Å²) in [6.45, 7) is 9.51. The van der Waals surface area contributed by atoms with Gasteiger partial charge in [-0.05, 0) is 19.3 Å². The minimum Gasteiger partial charge on any atom is -0.378 e. The fourth-order valence-electron chi connectivity index (χ4n) is 3.22. The molecule has 0 spiro atoms. The molecular weight excluding hydrogens is 308 g/mol. The van der Waals surface area contributed by atoms with Crippen molar-refractivity contribution >= 4 is 17.2 Å². The van der Waals surface area contributed by atoms with E-state index in [1.54, 1.807) is 11.3 Å². The first-order chi connectivity index (χ1) is 10.9. The molecule has 2 unspecified atom stereocenters. The van der Waals surface area contributed by atoms with Crippen molar-refractivity contribution in [2.45, 2.75) is 71.9 Å². The number of thiazole rings is 1. The van der Waals surface area contributed by atoms with Crippen molar-refractivity contribution in [1.82, 2.24) is 9.88 Å². The van der Waals surface area contributed by atoms with Gasteiger partial charge in [0, 0.05) is 30.5 Å². The molecule has 1 aromatic rings. The molecule has 1 aliphatic carbocycles. The van der Waals surface area contributed by atoms with Crippen LogP contribution in [0.1, 0.15) is 57.7 Å². The minimum atomic E-state index is 0.0226. The lowest BCUT2D eigenvalue weighted by molar-refractivity contribution is -0.164. The maximum Gasteiger partial charge on any atom is 0.228 e. The number of nitrogens with zero attached hydrogens (tertiary/aromatic N) is 2. The Morgan fingerprint density at radius 1 is 1.48 bits per heavy atom. The van der Waals surface area contributed by atoms with Gasteiger partial charge in [0.2, 0.25) is 5.91 Å². The monoisotopic (exact) mass is 338 g/mol. The van der Waals surface area contributed by atoms with Gasteiger partial charge in [0.15, 0.2) is 0 Å². The van der Waals surface area contributed by atoms with Gasteiger partial charge in [-0.3, -0.25) is 4.79 Å². The van der Waals surface area contributed by atoms with E-state index in [1.165, 1.54) is 0 Å². The highest BCUT2D eigenvalue weighted by atomic mass is 32.1. The van der Waals surface area contributed by atoms with Gasteiger partial charge in [-0.2, -0.15) is 0 Å². The number of hydrogen-bond donors (Lipinski definition) is 0. The molecule has 1 saturated carbocycles. The van der Waals surface area contributed by atoms with E-state index in [4.69, 9.17) is 4.74 Å². The Morgan fingerprint density at radius 3 is 2.78 bits per heavy atom. The number of aromatic nitrogens is 1. The molecule has 0 saturated heterocycles. The molecule has 0 aromatic carbocycles. The molecule has 1 heterocycles. The topological polar surface area (TPSA) is 42.4 Å². The van der Waals surface area contributed by atoms with E-state index in [-0.39, 0.29) is 23.5 Å². The number of carbonyl (C=O) groups is 1. The minimum absolute atomic E-state index is 0.0226. The molecule has 23 heavy (non-hydrogen) atoms. The molecule has 1 aliphatic rings. The third-order valence-electron chi connectivity index (χ3n) is 5.04. The van der Waals surface area contributed by atoms with E-state index in [1.807, 2.05) is 17.3 Å². The van der Waals surface area contributed by atoms with E-state index in [2.05, 4.69) is 32.7 Å². The van der Waals surface area contributed by atoms with Crippen molar-refractivity contribution in [3.63, 3.8) is 0 Å². The standard InChI is InChI=1S/C18H30N2O2S/c1-6-8-9-22-15-11-14(18(15,3)4)20(5)17(21)10-13-12-23-16(7-2)19-13/h12,14-15H,6-11H2,1-5H3. The Hall–Kier alpha value is -0.940. The lowest BCUT2D eigenvalue weighted by Crippen LogP contribution is -2.62. The molecular formula is C18H30N2O2S. The second-order valence-electron chi connectivity index (χ2n) is 7.05. The van der Waals surface area contributed by atoms with E-state index in [0.717, 1.165) is 43.0 Å². The second kappa shape index (κ2) is 7.75. The summed E-state index contributed by atoms with van der Waals surface area (Å²) in [5.74, 6) is 0.156. The number of hydrogen-bond acceptors (Lipinski definition) is 4. The second-order valence-corrected chi connectivity index (χ2v) is 8.00. The van der Waals surface area contributed by atoms with Crippen LogP contribution >= 0.6 is 11.3 Å². The zero-order chi connectivity index (χ0) is 17.0. The number of likely N-dealkylation sites (N-methyl/N-ethyl adjacent to an activating group) is 1. The fourth-order valence-corrected chi connectivity index (χ4v) is 3.97. The van der Waals surface area contributed by atoms with Crippen LogP contribution in [-0.2, 0) is 22.4 Å². The summed E-state index contributed by atoms with van der Waals surface area (Å²) in [5, 5.41) is 3.11. The average Bonchev–Trinajstić information content (AvgIpc) is 2.97. The molecule has 4 nitrogen and oxygen atoms in total. The molecule has 2 rings (SSSR count). The largest absolute Gasteiger partial charge is 0.378 e. The van der Waals surface area contributed by atoms with Gasteiger partial charge < -0.3 is 9.64 Å². The molecule has 5 heteroatoms. The third kappa shape index (κ3) is 4.13. The van der Waals surface area contributed by atoms with E-state index < -0.39 is 0 Å². The fraction of sp³-hybridized carbons (Fsp3) is 0.778. The van der Waals surface area contributed by atoms with Crippen LogP contribution in [0.25, 0.3) is 0 Å². The smallest absolute Gasteiger partial charge is 0.228 e. The Balaban J connectivity index is 1.87. The lowest BCUT2D eigenvalue weighted by atomic mass is 9.63. The third-order valence-corrected chi connectivity index (χ3v) is 6.08. The maximum absolute atomic E-state index is 12.5. The van der Waals surface area contributed by atoms with Crippen LogP contribution < -0.4 is 0 Å². The van der Waals surface area contributed by atoms with E-state index in [9.17, 15) is 4.79 Å². The van der Waals surface area contributed by atoms with Crippen molar-refractivity contribution in [3.8, 4) is 0 Å². The highest BCUT2D eigenvalue weighted by Gasteiger charge is 2.51. The zero-order valence-electron chi connectivity index (χ0n) is 15.1. The predicted molar refractivity (Wildman–Crippen MR) is 94.8 cm³/mol. The molecule has 0 radical (unpaired) electrons. The van der Waals surface area contributed by atoms with Crippen LogP contribution in [0.4, 0.5) is 0 Å². The van der Waals surface area contributed by atoms with E-state index in [0.29, 0.717) is 6.42 Å². The normalized spacial score (nSPS) is 22.7. The molecule has 0 aliphatic heterocycles. The number of ether oxygens (including phenoxy) is 1. The molecule has 1 fully saturated rings. The summed E-state index contributed by atoms with van der Waals surface area (Å²) in [6, 6.07) is 0.255. The van der Waals surface area contributed by atoms with Crippen molar-refractivity contribution in [3.05, 3.63) is 16.1 Å². The Morgan fingerprint density at radius 2 is 2.22 bits per heavy atom. The first-order valence-electron chi connectivity index (χ1n) is 8.70. The average molecular weight is 339 g/mol. The Labute approximate surface area is 144 Å². The first kappa shape index (κ1) is 18.4. The van der Waals surface area contributed by atoms with Crippen molar-refractivity contribution in [2.75, 3.05) is 13.7 Å². The van der Waals surface area contributed by atoms with Crippen molar-refractivity contribution in [1.29, 1.82) is 0 Å². The van der Waals surface area contributed by atoms with Crippen LogP contribution in [-0.4, -0.2) is 41.6 Å². The van der Waals surface area contributed by atoms with Crippen LogP contribution in [0.2, 0.25) is 0 Å².